The van der Waals surface area contributed by atoms with Crippen LogP contribution in [0.1, 0.15) is 39.5 Å². The minimum absolute atomic E-state index is 0.231. The van der Waals surface area contributed by atoms with Crippen molar-refractivity contribution in [2.45, 2.75) is 45.1 Å². The Morgan fingerprint density at radius 3 is 2.57 bits per heavy atom. The molecule has 0 aromatic rings. The van der Waals surface area contributed by atoms with Crippen LogP contribution < -0.4 is 5.32 Å². The topological polar surface area (TPSA) is 49.3 Å². The van der Waals surface area contributed by atoms with Crippen molar-refractivity contribution in [3.8, 4) is 0 Å². The third-order valence-corrected chi connectivity index (χ3v) is 2.98. The zero-order chi connectivity index (χ0) is 10.6. The molecule has 0 aromatic heterocycles. The fourth-order valence-corrected chi connectivity index (χ4v) is 1.87. The van der Waals surface area contributed by atoms with Gasteiger partial charge in [-0.3, -0.25) is 0 Å². The number of nitrogens with one attached hydrogen (secondary N) is 1. The second kappa shape index (κ2) is 4.60. The zero-order valence-electron chi connectivity index (χ0n) is 8.97. The predicted octanol–water partition coefficient (Wildman–Crippen LogP) is 1.94. The highest BCUT2D eigenvalue weighted by molar-refractivity contribution is 5.85. The molecule has 1 rings (SSSR count). The van der Waals surface area contributed by atoms with Crippen LogP contribution in [0, 0.1) is 0 Å². The lowest BCUT2D eigenvalue weighted by atomic mass is 10.0. The monoisotopic (exact) mass is 197 g/mol. The summed E-state index contributed by atoms with van der Waals surface area (Å²) in [7, 11) is 0. The number of aliphatic carboxylic acids is 1. The summed E-state index contributed by atoms with van der Waals surface area (Å²) < 4.78 is 0. The summed E-state index contributed by atoms with van der Waals surface area (Å²) in [5.74, 6) is -0.830. The molecule has 0 atom stereocenters. The molecule has 0 radical (unpaired) electrons. The normalized spacial score (nSPS) is 21.1. The number of carboxylic acid groups (broad SMARTS) is 1. The van der Waals surface area contributed by atoms with E-state index in [0.717, 1.165) is 0 Å². The maximum Gasteiger partial charge on any atom is 0.330 e. The summed E-state index contributed by atoms with van der Waals surface area (Å²) in [5.41, 5.74) is 0.647. The van der Waals surface area contributed by atoms with E-state index in [2.05, 4.69) is 12.2 Å². The van der Waals surface area contributed by atoms with Gasteiger partial charge in [0.2, 0.25) is 0 Å². The van der Waals surface area contributed by atoms with Crippen molar-refractivity contribution in [1.29, 1.82) is 0 Å². The first-order valence-corrected chi connectivity index (χ1v) is 5.19. The molecule has 3 heteroatoms. The van der Waals surface area contributed by atoms with Gasteiger partial charge in [0.15, 0.2) is 0 Å². The Kier molecular flexibility index (Phi) is 3.69. The number of hydrogen-bond donors (Lipinski definition) is 2. The average Bonchev–Trinajstić information content (AvgIpc) is 2.52. The Morgan fingerprint density at radius 2 is 2.07 bits per heavy atom. The van der Waals surface area contributed by atoms with E-state index < -0.39 is 5.97 Å². The van der Waals surface area contributed by atoms with Crippen molar-refractivity contribution >= 4 is 5.97 Å². The molecule has 0 heterocycles. The van der Waals surface area contributed by atoms with E-state index in [4.69, 9.17) is 5.11 Å². The zero-order valence-corrected chi connectivity index (χ0v) is 8.97. The first-order valence-electron chi connectivity index (χ1n) is 5.19. The average molecular weight is 197 g/mol. The molecule has 0 unspecified atom stereocenters. The molecule has 1 aliphatic carbocycles. The van der Waals surface area contributed by atoms with E-state index in [0.29, 0.717) is 12.1 Å². The standard InChI is InChI=1S/C11H19NO2/c1-9(10(13)14)5-8-12-11(2)6-3-4-7-11/h5,12H,3-4,6-8H2,1-2H3,(H,13,14). The van der Waals surface area contributed by atoms with E-state index in [1.54, 1.807) is 13.0 Å². The third kappa shape index (κ3) is 3.14. The molecule has 1 saturated carbocycles. The molecule has 3 nitrogen and oxygen atoms in total. The lowest BCUT2D eigenvalue weighted by molar-refractivity contribution is -0.132. The van der Waals surface area contributed by atoms with Gasteiger partial charge in [-0.2, -0.15) is 0 Å². The molecule has 1 aliphatic rings. The number of hydrogen-bond acceptors (Lipinski definition) is 2. The summed E-state index contributed by atoms with van der Waals surface area (Å²) in [6.07, 6.45) is 6.71. The Bertz CT molecular complexity index is 240. The van der Waals surface area contributed by atoms with Gasteiger partial charge in [0.25, 0.3) is 0 Å². The van der Waals surface area contributed by atoms with Gasteiger partial charge in [-0.05, 0) is 26.7 Å². The van der Waals surface area contributed by atoms with Crippen LogP contribution in [0.4, 0.5) is 0 Å². The molecule has 80 valence electrons. The Balaban J connectivity index is 2.33. The van der Waals surface area contributed by atoms with Crippen LogP contribution >= 0.6 is 0 Å². The second-order valence-electron chi connectivity index (χ2n) is 4.34. The van der Waals surface area contributed by atoms with Gasteiger partial charge in [-0.15, -0.1) is 0 Å². The number of carbonyl (C=O) groups is 1. The fraction of sp³-hybridized carbons (Fsp3) is 0.727. The molecule has 0 amide bonds. The second-order valence-corrected chi connectivity index (χ2v) is 4.34. The van der Waals surface area contributed by atoms with Gasteiger partial charge in [-0.25, -0.2) is 4.79 Å². The van der Waals surface area contributed by atoms with Crippen molar-refractivity contribution in [1.82, 2.24) is 5.32 Å². The van der Waals surface area contributed by atoms with Crippen molar-refractivity contribution in [2.24, 2.45) is 0 Å². The molecule has 0 aromatic carbocycles. The van der Waals surface area contributed by atoms with Gasteiger partial charge in [-0.1, -0.05) is 18.9 Å². The van der Waals surface area contributed by atoms with Crippen molar-refractivity contribution in [3.05, 3.63) is 11.6 Å². The lowest BCUT2D eigenvalue weighted by Crippen LogP contribution is -2.39. The van der Waals surface area contributed by atoms with E-state index in [1.807, 2.05) is 0 Å². The van der Waals surface area contributed by atoms with Gasteiger partial charge < -0.3 is 10.4 Å². The Morgan fingerprint density at radius 1 is 1.50 bits per heavy atom. The molecule has 0 bridgehead atoms. The van der Waals surface area contributed by atoms with Crippen molar-refractivity contribution < 1.29 is 9.90 Å². The summed E-state index contributed by atoms with van der Waals surface area (Å²) in [5, 5.41) is 12.0. The van der Waals surface area contributed by atoms with Gasteiger partial charge >= 0.3 is 5.97 Å². The van der Waals surface area contributed by atoms with Crippen LogP contribution in [0.2, 0.25) is 0 Å². The van der Waals surface area contributed by atoms with Gasteiger partial charge in [0.1, 0.15) is 0 Å². The lowest BCUT2D eigenvalue weighted by Gasteiger charge is -2.24. The SMILES string of the molecule is CC(=CCNC1(C)CCCC1)C(=O)O. The van der Waals surface area contributed by atoms with Crippen molar-refractivity contribution in [3.63, 3.8) is 0 Å². The molecule has 14 heavy (non-hydrogen) atoms. The Labute approximate surface area is 85.2 Å². The minimum atomic E-state index is -0.830. The number of rotatable bonds is 4. The fourth-order valence-electron chi connectivity index (χ4n) is 1.87. The molecule has 0 spiro atoms. The van der Waals surface area contributed by atoms with E-state index in [9.17, 15) is 4.79 Å². The molecule has 0 aliphatic heterocycles. The summed E-state index contributed by atoms with van der Waals surface area (Å²) in [6, 6.07) is 0. The Hall–Kier alpha value is -0.830. The van der Waals surface area contributed by atoms with Crippen LogP contribution in [0.3, 0.4) is 0 Å². The largest absolute Gasteiger partial charge is 0.478 e. The highest BCUT2D eigenvalue weighted by Crippen LogP contribution is 2.28. The van der Waals surface area contributed by atoms with E-state index in [-0.39, 0.29) is 5.54 Å². The van der Waals surface area contributed by atoms with E-state index >= 15 is 0 Å². The van der Waals surface area contributed by atoms with Gasteiger partial charge in [0, 0.05) is 17.7 Å². The number of carboxylic acids is 1. The molecule has 1 fully saturated rings. The van der Waals surface area contributed by atoms with Crippen LogP contribution in [0.15, 0.2) is 11.6 Å². The molecule has 2 N–H and O–H groups in total. The van der Waals surface area contributed by atoms with Crippen LogP contribution in [-0.4, -0.2) is 23.2 Å². The summed E-state index contributed by atoms with van der Waals surface area (Å²) in [6.45, 7) is 4.50. The quantitative estimate of drug-likeness (QED) is 0.677. The maximum atomic E-state index is 10.5. The first-order chi connectivity index (χ1) is 6.53. The van der Waals surface area contributed by atoms with Crippen LogP contribution in [0.25, 0.3) is 0 Å². The van der Waals surface area contributed by atoms with Crippen LogP contribution in [0.5, 0.6) is 0 Å². The maximum absolute atomic E-state index is 10.5. The summed E-state index contributed by atoms with van der Waals surface area (Å²) in [4.78, 5) is 10.5. The molecular weight excluding hydrogens is 178 g/mol. The minimum Gasteiger partial charge on any atom is -0.478 e. The summed E-state index contributed by atoms with van der Waals surface area (Å²) >= 11 is 0. The first kappa shape index (κ1) is 11.2. The molecule has 0 saturated heterocycles. The highest BCUT2D eigenvalue weighted by Gasteiger charge is 2.26. The third-order valence-electron chi connectivity index (χ3n) is 2.98. The van der Waals surface area contributed by atoms with Crippen LogP contribution in [-0.2, 0) is 4.79 Å². The van der Waals surface area contributed by atoms with E-state index in [1.165, 1.54) is 25.7 Å². The predicted molar refractivity (Wildman–Crippen MR) is 56.3 cm³/mol. The smallest absolute Gasteiger partial charge is 0.330 e. The molecular formula is C11H19NO2. The van der Waals surface area contributed by atoms with Crippen molar-refractivity contribution in [2.75, 3.05) is 6.54 Å². The highest BCUT2D eigenvalue weighted by atomic mass is 16.4. The van der Waals surface area contributed by atoms with Gasteiger partial charge in [0.05, 0.1) is 0 Å².